The molecule has 0 radical (unpaired) electrons. The fourth-order valence-electron chi connectivity index (χ4n) is 2.43. The molecule has 3 rings (SSSR count). The maximum Gasteiger partial charge on any atom is 0.324 e. The molecule has 0 atom stereocenters. The Labute approximate surface area is 162 Å². The summed E-state index contributed by atoms with van der Waals surface area (Å²) in [6.07, 6.45) is 1.81. The third kappa shape index (κ3) is 4.50. The number of fused-ring (bicyclic) bond motifs is 1. The largest absolute Gasteiger partial charge is 0.497 e. The quantitative estimate of drug-likeness (QED) is 0.504. The molecule has 1 aromatic heterocycles. The van der Waals surface area contributed by atoms with Gasteiger partial charge in [-0.15, -0.1) is 0 Å². The lowest BCUT2D eigenvalue weighted by molar-refractivity contribution is -0.404. The van der Waals surface area contributed by atoms with Gasteiger partial charge in [-0.25, -0.2) is 0 Å². The third-order valence-corrected chi connectivity index (χ3v) is 3.83. The van der Waals surface area contributed by atoms with Gasteiger partial charge in [-0.05, 0) is 24.6 Å². The van der Waals surface area contributed by atoms with Crippen molar-refractivity contribution in [1.82, 2.24) is 4.98 Å². The Hall–Kier alpha value is -4.35. The van der Waals surface area contributed by atoms with E-state index >= 15 is 0 Å². The first-order chi connectivity index (χ1) is 13.7. The van der Waals surface area contributed by atoms with Crippen LogP contribution >= 0.6 is 0 Å². The minimum atomic E-state index is -1.21. The second kappa shape index (κ2) is 8.56. The topological polar surface area (TPSA) is 172 Å². The number of phenols is 1. The zero-order chi connectivity index (χ0) is 21.7. The van der Waals surface area contributed by atoms with Gasteiger partial charge in [0, 0.05) is 11.6 Å². The molecule has 0 bridgehead atoms. The number of aromatic hydroxyl groups is 1. The molecule has 0 saturated carbocycles. The second-order valence-electron chi connectivity index (χ2n) is 5.59. The summed E-state index contributed by atoms with van der Waals surface area (Å²) in [6.45, 7) is 2.07. The Balaban J connectivity index is 0.000000211. The van der Waals surface area contributed by atoms with E-state index in [0.29, 0.717) is 12.1 Å². The van der Waals surface area contributed by atoms with Crippen LogP contribution in [0.25, 0.3) is 10.9 Å². The van der Waals surface area contributed by atoms with Crippen molar-refractivity contribution in [3.05, 3.63) is 78.5 Å². The van der Waals surface area contributed by atoms with E-state index in [-0.39, 0.29) is 0 Å². The van der Waals surface area contributed by atoms with Gasteiger partial charge in [-0.1, -0.05) is 12.1 Å². The van der Waals surface area contributed by atoms with Gasteiger partial charge in [0.2, 0.25) is 0 Å². The molecule has 0 aliphatic heterocycles. The summed E-state index contributed by atoms with van der Waals surface area (Å²) in [7, 11) is 1.67. The highest BCUT2D eigenvalue weighted by molar-refractivity contribution is 5.86. The van der Waals surface area contributed by atoms with Crippen LogP contribution in [0.1, 0.15) is 5.56 Å². The number of phenolic OH excluding ortho intramolecular Hbond substituents is 1. The molecule has 1 N–H and O–H groups in total. The Morgan fingerprint density at radius 3 is 2.03 bits per heavy atom. The fourth-order valence-corrected chi connectivity index (χ4v) is 2.43. The molecule has 0 amide bonds. The zero-order valence-corrected chi connectivity index (χ0v) is 15.1. The van der Waals surface area contributed by atoms with Crippen LogP contribution in [0.2, 0.25) is 0 Å². The van der Waals surface area contributed by atoms with E-state index in [1.54, 1.807) is 13.3 Å². The average Bonchev–Trinajstić information content (AvgIpc) is 2.68. The van der Waals surface area contributed by atoms with E-state index in [1.165, 1.54) is 5.56 Å². The molecule has 150 valence electrons. The van der Waals surface area contributed by atoms with Crippen LogP contribution < -0.4 is 4.74 Å². The first-order valence-electron chi connectivity index (χ1n) is 7.85. The van der Waals surface area contributed by atoms with E-state index in [1.807, 2.05) is 18.2 Å². The summed E-state index contributed by atoms with van der Waals surface area (Å²) in [5.74, 6) is -0.373. The number of methoxy groups -OCH3 is 1. The van der Waals surface area contributed by atoms with Crippen molar-refractivity contribution in [3.63, 3.8) is 0 Å². The molecule has 12 heteroatoms. The number of nitrogens with zero attached hydrogens (tertiary/aromatic N) is 4. The van der Waals surface area contributed by atoms with Gasteiger partial charge in [0.05, 0.1) is 34.0 Å². The summed E-state index contributed by atoms with van der Waals surface area (Å²) in [5.41, 5.74) is -0.841. The molecule has 0 spiro atoms. The summed E-state index contributed by atoms with van der Waals surface area (Å²) in [4.78, 5) is 32.1. The number of rotatable bonds is 4. The lowest BCUT2D eigenvalue weighted by atomic mass is 10.1. The van der Waals surface area contributed by atoms with Gasteiger partial charge < -0.3 is 9.84 Å². The van der Waals surface area contributed by atoms with Crippen LogP contribution in [0, 0.1) is 37.3 Å². The number of ether oxygens (including phenoxy) is 1. The van der Waals surface area contributed by atoms with Crippen LogP contribution in [0.4, 0.5) is 17.1 Å². The van der Waals surface area contributed by atoms with Gasteiger partial charge in [0.1, 0.15) is 11.3 Å². The van der Waals surface area contributed by atoms with Crippen molar-refractivity contribution >= 4 is 28.0 Å². The van der Waals surface area contributed by atoms with Gasteiger partial charge in [0.25, 0.3) is 11.4 Å². The average molecular weight is 402 g/mol. The van der Waals surface area contributed by atoms with Crippen molar-refractivity contribution in [2.24, 2.45) is 0 Å². The standard InChI is InChI=1S/C11H11NO.C6H3N3O7/c1-8-6-7-12-11-9(8)4-3-5-10(11)13-2;10-6-4(8(13)14)1-3(7(11)12)2-5(6)9(15)16/h3-7H,1-2H3;1-2,10H. The predicted molar refractivity (Wildman–Crippen MR) is 101 cm³/mol. The molecule has 1 heterocycles. The molecule has 0 aliphatic rings. The maximum absolute atomic E-state index is 10.4. The Kier molecular flexibility index (Phi) is 6.19. The predicted octanol–water partition coefficient (Wildman–Crippen LogP) is 3.67. The number of hydrogen-bond donors (Lipinski definition) is 1. The first kappa shape index (κ1) is 21.0. The SMILES string of the molecule is COc1cccc2c(C)ccnc12.O=[N+]([O-])c1cc([N+](=O)[O-])c(O)c([N+](=O)[O-])c1. The molecule has 3 aromatic rings. The van der Waals surface area contributed by atoms with Crippen LogP contribution in [0.5, 0.6) is 11.5 Å². The van der Waals surface area contributed by atoms with Crippen molar-refractivity contribution in [2.75, 3.05) is 7.11 Å². The first-order valence-corrected chi connectivity index (χ1v) is 7.85. The molecule has 29 heavy (non-hydrogen) atoms. The number of aromatic nitrogens is 1. The van der Waals surface area contributed by atoms with E-state index in [9.17, 15) is 30.3 Å². The minimum absolute atomic E-state index is 0.447. The van der Waals surface area contributed by atoms with Crippen molar-refractivity contribution in [3.8, 4) is 11.5 Å². The lowest BCUT2D eigenvalue weighted by Crippen LogP contribution is -1.97. The summed E-state index contributed by atoms with van der Waals surface area (Å²) in [6, 6.07) is 8.86. The third-order valence-electron chi connectivity index (χ3n) is 3.83. The summed E-state index contributed by atoms with van der Waals surface area (Å²) >= 11 is 0. The second-order valence-corrected chi connectivity index (χ2v) is 5.59. The number of nitro benzene ring substituents is 3. The molecule has 0 fully saturated rings. The molecule has 0 unspecified atom stereocenters. The number of hydrogen-bond acceptors (Lipinski definition) is 9. The Bertz CT molecular complexity index is 1080. The molecule has 0 saturated heterocycles. The highest BCUT2D eigenvalue weighted by Gasteiger charge is 2.30. The normalized spacial score (nSPS) is 10.0. The Morgan fingerprint density at radius 2 is 1.55 bits per heavy atom. The maximum atomic E-state index is 10.4. The zero-order valence-electron chi connectivity index (χ0n) is 15.1. The monoisotopic (exact) mass is 402 g/mol. The molecule has 2 aromatic carbocycles. The smallest absolute Gasteiger partial charge is 0.324 e. The number of aryl methyl sites for hydroxylation is 1. The van der Waals surface area contributed by atoms with E-state index in [2.05, 4.69) is 18.0 Å². The van der Waals surface area contributed by atoms with Crippen LogP contribution in [-0.2, 0) is 0 Å². The minimum Gasteiger partial charge on any atom is -0.497 e. The summed E-state index contributed by atoms with van der Waals surface area (Å²) in [5, 5.41) is 41.4. The summed E-state index contributed by atoms with van der Waals surface area (Å²) < 4.78 is 5.22. The van der Waals surface area contributed by atoms with Crippen LogP contribution in [-0.4, -0.2) is 32.0 Å². The van der Waals surface area contributed by atoms with Crippen molar-refractivity contribution < 1.29 is 24.6 Å². The fraction of sp³-hybridized carbons (Fsp3) is 0.118. The Morgan fingerprint density at radius 1 is 0.966 bits per heavy atom. The number of pyridine rings is 1. The molecular formula is C17H14N4O8. The van der Waals surface area contributed by atoms with E-state index < -0.39 is 37.6 Å². The molecule has 12 nitrogen and oxygen atoms in total. The van der Waals surface area contributed by atoms with Crippen molar-refractivity contribution in [1.29, 1.82) is 0 Å². The van der Waals surface area contributed by atoms with Gasteiger partial charge >= 0.3 is 11.4 Å². The highest BCUT2D eigenvalue weighted by atomic mass is 16.6. The number of benzene rings is 2. The van der Waals surface area contributed by atoms with Gasteiger partial charge in [-0.3, -0.25) is 35.3 Å². The van der Waals surface area contributed by atoms with Gasteiger partial charge in [-0.2, -0.15) is 0 Å². The van der Waals surface area contributed by atoms with Gasteiger partial charge in [0.15, 0.2) is 0 Å². The molecular weight excluding hydrogens is 388 g/mol. The van der Waals surface area contributed by atoms with Crippen LogP contribution in [0.15, 0.2) is 42.6 Å². The number of nitro groups is 3. The number of para-hydroxylation sites is 1. The highest BCUT2D eigenvalue weighted by Crippen LogP contribution is 2.38. The van der Waals surface area contributed by atoms with E-state index in [4.69, 9.17) is 9.84 Å². The number of non-ortho nitro benzene ring substituents is 1. The van der Waals surface area contributed by atoms with E-state index in [0.717, 1.165) is 16.7 Å². The lowest BCUT2D eigenvalue weighted by Gasteiger charge is -2.05. The van der Waals surface area contributed by atoms with Crippen molar-refractivity contribution in [2.45, 2.75) is 6.92 Å². The van der Waals surface area contributed by atoms with Crippen LogP contribution in [0.3, 0.4) is 0 Å². The molecule has 0 aliphatic carbocycles.